The molecule has 1 unspecified atom stereocenters. The summed E-state index contributed by atoms with van der Waals surface area (Å²) in [4.78, 5) is 3.88. The molecule has 1 aromatic rings. The molecule has 0 saturated carbocycles. The quantitative estimate of drug-likeness (QED) is 0.855. The molecule has 100 valence electrons. The van der Waals surface area contributed by atoms with Crippen molar-refractivity contribution in [3.8, 4) is 0 Å². The van der Waals surface area contributed by atoms with E-state index in [2.05, 4.69) is 4.98 Å². The monoisotopic (exact) mass is 274 g/mol. The van der Waals surface area contributed by atoms with E-state index in [0.29, 0.717) is 12.2 Å². The average molecular weight is 274 g/mol. The van der Waals surface area contributed by atoms with E-state index in [-0.39, 0.29) is 0 Å². The molecule has 0 aliphatic carbocycles. The van der Waals surface area contributed by atoms with Crippen molar-refractivity contribution >= 4 is 10.1 Å². The van der Waals surface area contributed by atoms with Gasteiger partial charge in [0.2, 0.25) is 0 Å². The molecular weight excluding hydrogens is 261 g/mol. The third-order valence-electron chi connectivity index (χ3n) is 1.88. The molecular formula is C8H13F3N2O3S. The zero-order valence-corrected chi connectivity index (χ0v) is 10.0. The average Bonchev–Trinajstić information content (AvgIpc) is 2.50. The summed E-state index contributed by atoms with van der Waals surface area (Å²) in [6.07, 6.45) is 3.45. The lowest BCUT2D eigenvalue weighted by Gasteiger charge is -2.10. The molecule has 0 saturated heterocycles. The first-order chi connectivity index (χ1) is 7.70. The Morgan fingerprint density at radius 2 is 1.94 bits per heavy atom. The van der Waals surface area contributed by atoms with Crippen LogP contribution in [0.5, 0.6) is 0 Å². The van der Waals surface area contributed by atoms with Crippen LogP contribution in [-0.2, 0) is 17.2 Å². The highest BCUT2D eigenvalue weighted by Crippen LogP contribution is 2.22. The Kier molecular flexibility index (Phi) is 6.18. The molecule has 0 radical (unpaired) electrons. The van der Waals surface area contributed by atoms with Crippen LogP contribution in [0.1, 0.15) is 24.4 Å². The second kappa shape index (κ2) is 6.60. The van der Waals surface area contributed by atoms with Gasteiger partial charge in [0.1, 0.15) is 11.1 Å². The lowest BCUT2D eigenvalue weighted by molar-refractivity contribution is 0.00819. The van der Waals surface area contributed by atoms with Gasteiger partial charge in [0, 0.05) is 19.4 Å². The Morgan fingerprint density at radius 3 is 2.18 bits per heavy atom. The van der Waals surface area contributed by atoms with Crippen LogP contribution < -0.4 is 0 Å². The van der Waals surface area contributed by atoms with Crippen molar-refractivity contribution in [1.29, 1.82) is 0 Å². The topological polar surface area (TPSA) is 72.2 Å². The summed E-state index contributed by atoms with van der Waals surface area (Å²) in [6, 6.07) is 0. The Bertz CT molecular complexity index is 430. The molecule has 1 rings (SSSR count). The van der Waals surface area contributed by atoms with Gasteiger partial charge in [0.25, 0.3) is 10.1 Å². The second-order valence-corrected chi connectivity index (χ2v) is 4.65. The van der Waals surface area contributed by atoms with Gasteiger partial charge < -0.3 is 4.57 Å². The molecule has 5 nitrogen and oxygen atoms in total. The van der Waals surface area contributed by atoms with E-state index >= 15 is 0 Å². The number of halogens is 3. The first kappa shape index (κ1) is 15.9. The zero-order chi connectivity index (χ0) is 13.6. The smallest absolute Gasteiger partial charge is 0.337 e. The van der Waals surface area contributed by atoms with Crippen molar-refractivity contribution in [3.05, 3.63) is 18.2 Å². The van der Waals surface area contributed by atoms with E-state index in [4.69, 9.17) is 4.55 Å². The summed E-state index contributed by atoms with van der Waals surface area (Å²) in [6.45, 7) is -1.98. The van der Waals surface area contributed by atoms with Gasteiger partial charge in [-0.3, -0.25) is 4.55 Å². The molecule has 1 aromatic heterocycles. The predicted octanol–water partition coefficient (Wildman–Crippen LogP) is 1.94. The van der Waals surface area contributed by atoms with Crippen LogP contribution in [-0.4, -0.2) is 29.2 Å². The fourth-order valence-corrected chi connectivity index (χ4v) is 2.13. The minimum Gasteiger partial charge on any atom is -0.337 e. The molecule has 17 heavy (non-hydrogen) atoms. The van der Waals surface area contributed by atoms with Crippen LogP contribution in [0.2, 0.25) is 0 Å². The maximum absolute atomic E-state index is 10.9. The van der Waals surface area contributed by atoms with Crippen molar-refractivity contribution in [3.63, 3.8) is 0 Å². The Labute approximate surface area is 97.0 Å². The van der Waals surface area contributed by atoms with Crippen LogP contribution in [0.4, 0.5) is 13.2 Å². The fourth-order valence-electron chi connectivity index (χ4n) is 1.21. The van der Waals surface area contributed by atoms with Gasteiger partial charge >= 0.3 is 6.68 Å². The van der Waals surface area contributed by atoms with Crippen molar-refractivity contribution in [2.45, 2.75) is 25.3 Å². The number of imidazole rings is 1. The Morgan fingerprint density at radius 1 is 1.47 bits per heavy atom. The number of hydrogen-bond donors (Lipinski definition) is 1. The number of aryl methyl sites for hydroxylation is 1. The Hall–Kier alpha value is -1.09. The van der Waals surface area contributed by atoms with E-state index in [1.165, 1.54) is 6.20 Å². The van der Waals surface area contributed by atoms with Gasteiger partial charge in [-0.2, -0.15) is 21.6 Å². The van der Waals surface area contributed by atoms with Gasteiger partial charge in [0.05, 0.1) is 0 Å². The highest BCUT2D eigenvalue weighted by atomic mass is 32.2. The largest absolute Gasteiger partial charge is 0.379 e. The van der Waals surface area contributed by atoms with Gasteiger partial charge in [-0.05, 0) is 6.42 Å². The number of hydrogen-bond acceptors (Lipinski definition) is 3. The van der Waals surface area contributed by atoms with Gasteiger partial charge in [0.15, 0.2) is 0 Å². The normalized spacial score (nSPS) is 13.1. The van der Waals surface area contributed by atoms with E-state index < -0.39 is 22.0 Å². The highest BCUT2D eigenvalue weighted by Gasteiger charge is 2.26. The van der Waals surface area contributed by atoms with Gasteiger partial charge in [-0.1, -0.05) is 6.92 Å². The van der Waals surface area contributed by atoms with Crippen molar-refractivity contribution in [1.82, 2.24) is 9.55 Å². The molecule has 0 spiro atoms. The molecule has 0 fully saturated rings. The molecule has 0 bridgehead atoms. The number of aromatic nitrogens is 2. The van der Waals surface area contributed by atoms with E-state index in [0.717, 1.165) is 0 Å². The zero-order valence-electron chi connectivity index (χ0n) is 9.22. The van der Waals surface area contributed by atoms with Crippen LogP contribution >= 0.6 is 0 Å². The fraction of sp³-hybridized carbons (Fsp3) is 0.625. The summed E-state index contributed by atoms with van der Waals surface area (Å²) in [5, 5.41) is -0.924. The summed E-state index contributed by atoms with van der Waals surface area (Å²) in [7, 11) is -2.35. The summed E-state index contributed by atoms with van der Waals surface area (Å²) < 4.78 is 61.3. The summed E-state index contributed by atoms with van der Waals surface area (Å²) in [5.74, 6) is 0.366. The van der Waals surface area contributed by atoms with Crippen molar-refractivity contribution in [2.24, 2.45) is 7.05 Å². The molecule has 0 aliphatic rings. The standard InChI is InChI=1S/C7H12N2O3S.CHF3/c1-3-6(13(10,11)12)7-8-4-5-9(7)2;2-1(3)4/h4-6H,3H2,1-2H3,(H,10,11,12);1H. The first-order valence-electron chi connectivity index (χ1n) is 4.55. The lowest BCUT2D eigenvalue weighted by Crippen LogP contribution is -2.15. The third-order valence-corrected chi connectivity index (χ3v) is 3.14. The van der Waals surface area contributed by atoms with Crippen LogP contribution in [0.3, 0.4) is 0 Å². The summed E-state index contributed by atoms with van der Waals surface area (Å²) >= 11 is 0. The van der Waals surface area contributed by atoms with E-state index in [1.807, 2.05) is 0 Å². The van der Waals surface area contributed by atoms with Crippen molar-refractivity contribution < 1.29 is 26.1 Å². The number of nitrogens with zero attached hydrogens (tertiary/aromatic N) is 2. The lowest BCUT2D eigenvalue weighted by atomic mass is 10.3. The van der Waals surface area contributed by atoms with E-state index in [1.54, 1.807) is 24.7 Å². The molecule has 1 heterocycles. The van der Waals surface area contributed by atoms with Gasteiger partial charge in [-0.25, -0.2) is 4.98 Å². The highest BCUT2D eigenvalue weighted by molar-refractivity contribution is 7.86. The minimum atomic E-state index is -4.04. The number of alkyl halides is 3. The maximum atomic E-state index is 10.9. The summed E-state index contributed by atoms with van der Waals surface area (Å²) in [5.41, 5.74) is 0. The number of rotatable bonds is 3. The predicted molar refractivity (Wildman–Crippen MR) is 54.9 cm³/mol. The minimum absolute atomic E-state index is 0.309. The molecule has 0 amide bonds. The maximum Gasteiger partial charge on any atom is 0.379 e. The van der Waals surface area contributed by atoms with Crippen molar-refractivity contribution in [2.75, 3.05) is 0 Å². The molecule has 9 heteroatoms. The molecule has 1 atom stereocenters. The Balaban J connectivity index is 0.000000557. The SMILES string of the molecule is CCC(c1nccn1C)S(=O)(=O)O.FC(F)F. The van der Waals surface area contributed by atoms with E-state index in [9.17, 15) is 21.6 Å². The molecule has 0 aliphatic heterocycles. The third kappa shape index (κ3) is 5.68. The second-order valence-electron chi connectivity index (χ2n) is 3.06. The van der Waals surface area contributed by atoms with Crippen LogP contribution in [0.25, 0.3) is 0 Å². The molecule has 0 aromatic carbocycles. The van der Waals surface area contributed by atoms with Crippen LogP contribution in [0.15, 0.2) is 12.4 Å². The van der Waals surface area contributed by atoms with Gasteiger partial charge in [-0.15, -0.1) is 0 Å². The molecule has 1 N–H and O–H groups in total. The first-order valence-corrected chi connectivity index (χ1v) is 6.06. The van der Waals surface area contributed by atoms with Crippen LogP contribution in [0, 0.1) is 0 Å².